The molecule has 0 spiro atoms. The van der Waals surface area contributed by atoms with E-state index in [2.05, 4.69) is 22.9 Å². The minimum absolute atomic E-state index is 0.0185. The van der Waals surface area contributed by atoms with E-state index in [1.165, 1.54) is 19.3 Å². The van der Waals surface area contributed by atoms with E-state index in [-0.39, 0.29) is 25.0 Å². The Morgan fingerprint density at radius 1 is 1.32 bits per heavy atom. The number of nitrogens with zero attached hydrogens (tertiary/aromatic N) is 2. The number of rotatable bonds is 4. The standard InChI is InChI=1S/C19H25BrN2O3/c1-2-4-14-5-3-9-21(10-8-14)18(23)12-22-16-7-6-15(20)11-17(16)25-13-19(22)24/h6-7,11,14H,2-5,8-10,12-13H2,1H3. The van der Waals surface area contributed by atoms with Crippen molar-refractivity contribution in [2.75, 3.05) is 31.1 Å². The fourth-order valence-corrected chi connectivity index (χ4v) is 4.04. The van der Waals surface area contributed by atoms with E-state index in [0.29, 0.717) is 11.4 Å². The fraction of sp³-hybridized carbons (Fsp3) is 0.579. The van der Waals surface area contributed by atoms with Crippen LogP contribution in [0, 0.1) is 5.92 Å². The van der Waals surface area contributed by atoms with E-state index >= 15 is 0 Å². The van der Waals surface area contributed by atoms with Gasteiger partial charge < -0.3 is 9.64 Å². The molecule has 2 amide bonds. The Morgan fingerprint density at radius 2 is 2.16 bits per heavy atom. The number of ether oxygens (including phenoxy) is 1. The van der Waals surface area contributed by atoms with Crippen LogP contribution in [0.1, 0.15) is 39.0 Å². The Balaban J connectivity index is 1.67. The van der Waals surface area contributed by atoms with Crippen LogP contribution in [0.25, 0.3) is 0 Å². The van der Waals surface area contributed by atoms with Crippen LogP contribution < -0.4 is 9.64 Å². The first-order valence-corrected chi connectivity index (χ1v) is 9.88. The summed E-state index contributed by atoms with van der Waals surface area (Å²) in [4.78, 5) is 28.6. The van der Waals surface area contributed by atoms with Crippen LogP contribution in [0.5, 0.6) is 5.75 Å². The maximum atomic E-state index is 12.8. The Labute approximate surface area is 157 Å². The van der Waals surface area contributed by atoms with Crippen LogP contribution in [0.15, 0.2) is 22.7 Å². The van der Waals surface area contributed by atoms with Gasteiger partial charge in [-0.1, -0.05) is 35.7 Å². The normalized spacial score (nSPS) is 20.7. The predicted molar refractivity (Wildman–Crippen MR) is 101 cm³/mol. The molecule has 1 fully saturated rings. The SMILES string of the molecule is CCCC1CCCN(C(=O)CN2C(=O)COc3cc(Br)ccc32)CC1. The summed E-state index contributed by atoms with van der Waals surface area (Å²) < 4.78 is 6.38. The summed E-state index contributed by atoms with van der Waals surface area (Å²) in [6.07, 6.45) is 5.77. The highest BCUT2D eigenvalue weighted by atomic mass is 79.9. The third-order valence-electron chi connectivity index (χ3n) is 5.06. The Bertz CT molecular complexity index is 650. The molecule has 1 saturated heterocycles. The smallest absolute Gasteiger partial charge is 0.265 e. The number of fused-ring (bicyclic) bond motifs is 1. The summed E-state index contributed by atoms with van der Waals surface area (Å²) in [6, 6.07) is 5.52. The van der Waals surface area contributed by atoms with Gasteiger partial charge in [-0.2, -0.15) is 0 Å². The van der Waals surface area contributed by atoms with Gasteiger partial charge in [0.25, 0.3) is 5.91 Å². The van der Waals surface area contributed by atoms with E-state index in [1.54, 1.807) is 4.90 Å². The molecular formula is C19H25BrN2O3. The zero-order valence-electron chi connectivity index (χ0n) is 14.7. The van der Waals surface area contributed by atoms with Crippen molar-refractivity contribution < 1.29 is 14.3 Å². The minimum atomic E-state index is -0.165. The lowest BCUT2D eigenvalue weighted by Gasteiger charge is -2.31. The molecule has 1 aromatic carbocycles. The summed E-state index contributed by atoms with van der Waals surface area (Å²) in [5.41, 5.74) is 0.673. The summed E-state index contributed by atoms with van der Waals surface area (Å²) in [5.74, 6) is 1.23. The predicted octanol–water partition coefficient (Wildman–Crippen LogP) is 3.60. The van der Waals surface area contributed by atoms with Gasteiger partial charge in [-0.3, -0.25) is 14.5 Å². The monoisotopic (exact) mass is 408 g/mol. The molecule has 2 aliphatic heterocycles. The van der Waals surface area contributed by atoms with Crippen molar-refractivity contribution >= 4 is 33.4 Å². The van der Waals surface area contributed by atoms with Crippen LogP contribution in [0.3, 0.4) is 0 Å². The zero-order valence-corrected chi connectivity index (χ0v) is 16.3. The molecule has 0 N–H and O–H groups in total. The van der Waals surface area contributed by atoms with E-state index in [0.717, 1.165) is 36.3 Å². The Morgan fingerprint density at radius 3 is 2.96 bits per heavy atom. The third-order valence-corrected chi connectivity index (χ3v) is 5.55. The number of amides is 2. The van der Waals surface area contributed by atoms with Crippen molar-refractivity contribution in [2.24, 2.45) is 5.92 Å². The van der Waals surface area contributed by atoms with Crippen LogP contribution in [0.2, 0.25) is 0 Å². The second-order valence-electron chi connectivity index (χ2n) is 6.85. The molecule has 0 radical (unpaired) electrons. The molecular weight excluding hydrogens is 384 g/mol. The Kier molecular flexibility index (Phi) is 5.99. The van der Waals surface area contributed by atoms with Gasteiger partial charge in [0.2, 0.25) is 5.91 Å². The highest BCUT2D eigenvalue weighted by Gasteiger charge is 2.29. The molecule has 5 nitrogen and oxygen atoms in total. The molecule has 0 saturated carbocycles. The Hall–Kier alpha value is -1.56. The molecule has 3 rings (SSSR count). The first kappa shape index (κ1) is 18.2. The molecule has 6 heteroatoms. The van der Waals surface area contributed by atoms with Crippen molar-refractivity contribution in [1.82, 2.24) is 4.90 Å². The van der Waals surface area contributed by atoms with Gasteiger partial charge >= 0.3 is 0 Å². The molecule has 1 atom stereocenters. The number of carbonyl (C=O) groups excluding carboxylic acids is 2. The number of hydrogen-bond donors (Lipinski definition) is 0. The van der Waals surface area contributed by atoms with Crippen molar-refractivity contribution in [3.05, 3.63) is 22.7 Å². The topological polar surface area (TPSA) is 49.9 Å². The molecule has 2 aliphatic rings. The van der Waals surface area contributed by atoms with Crippen LogP contribution in [-0.4, -0.2) is 43.0 Å². The average molecular weight is 409 g/mol. The molecule has 0 aromatic heterocycles. The molecule has 1 aromatic rings. The highest BCUT2D eigenvalue weighted by Crippen LogP contribution is 2.34. The van der Waals surface area contributed by atoms with E-state index < -0.39 is 0 Å². The minimum Gasteiger partial charge on any atom is -0.482 e. The number of likely N-dealkylation sites (tertiary alicyclic amines) is 1. The highest BCUT2D eigenvalue weighted by molar-refractivity contribution is 9.10. The lowest BCUT2D eigenvalue weighted by atomic mass is 9.96. The van der Waals surface area contributed by atoms with E-state index in [4.69, 9.17) is 4.74 Å². The number of anilines is 1. The summed E-state index contributed by atoms with van der Waals surface area (Å²) in [5, 5.41) is 0. The quantitative estimate of drug-likeness (QED) is 0.764. The van der Waals surface area contributed by atoms with Crippen LogP contribution in [-0.2, 0) is 9.59 Å². The number of benzene rings is 1. The van der Waals surface area contributed by atoms with Crippen molar-refractivity contribution in [3.8, 4) is 5.75 Å². The first-order valence-electron chi connectivity index (χ1n) is 9.09. The third kappa shape index (κ3) is 4.35. The van der Waals surface area contributed by atoms with Crippen molar-refractivity contribution in [2.45, 2.75) is 39.0 Å². The van der Waals surface area contributed by atoms with E-state index in [9.17, 15) is 9.59 Å². The summed E-state index contributed by atoms with van der Waals surface area (Å²) in [7, 11) is 0. The molecule has 25 heavy (non-hydrogen) atoms. The number of halogens is 1. The number of carbonyl (C=O) groups is 2. The van der Waals surface area contributed by atoms with Crippen molar-refractivity contribution in [1.29, 1.82) is 0 Å². The van der Waals surface area contributed by atoms with Gasteiger partial charge in [0.15, 0.2) is 6.61 Å². The largest absolute Gasteiger partial charge is 0.482 e. The average Bonchev–Trinajstić information content (AvgIpc) is 2.83. The summed E-state index contributed by atoms with van der Waals surface area (Å²) in [6.45, 7) is 3.89. The van der Waals surface area contributed by atoms with Gasteiger partial charge in [0.05, 0.1) is 5.69 Å². The lowest BCUT2D eigenvalue weighted by molar-refractivity contribution is -0.132. The van der Waals surface area contributed by atoms with Gasteiger partial charge in [-0.25, -0.2) is 0 Å². The molecule has 0 bridgehead atoms. The second-order valence-corrected chi connectivity index (χ2v) is 7.76. The van der Waals surface area contributed by atoms with Gasteiger partial charge in [-0.15, -0.1) is 0 Å². The lowest BCUT2D eigenvalue weighted by Crippen LogP contribution is -2.46. The fourth-order valence-electron chi connectivity index (χ4n) is 3.70. The maximum Gasteiger partial charge on any atom is 0.265 e. The van der Waals surface area contributed by atoms with Crippen molar-refractivity contribution in [3.63, 3.8) is 0 Å². The van der Waals surface area contributed by atoms with Gasteiger partial charge in [-0.05, 0) is 43.4 Å². The number of hydrogen-bond acceptors (Lipinski definition) is 3. The molecule has 2 heterocycles. The van der Waals surface area contributed by atoms with Gasteiger partial charge in [0, 0.05) is 17.6 Å². The second kappa shape index (κ2) is 8.21. The molecule has 136 valence electrons. The molecule has 0 aliphatic carbocycles. The van der Waals surface area contributed by atoms with Crippen LogP contribution in [0.4, 0.5) is 5.69 Å². The van der Waals surface area contributed by atoms with E-state index in [1.807, 2.05) is 23.1 Å². The molecule has 1 unspecified atom stereocenters. The van der Waals surface area contributed by atoms with Crippen LogP contribution >= 0.6 is 15.9 Å². The zero-order chi connectivity index (χ0) is 17.8. The summed E-state index contributed by atoms with van der Waals surface area (Å²) >= 11 is 3.41. The van der Waals surface area contributed by atoms with Gasteiger partial charge in [0.1, 0.15) is 12.3 Å². The maximum absolute atomic E-state index is 12.8. The first-order chi connectivity index (χ1) is 12.1.